The van der Waals surface area contributed by atoms with Gasteiger partial charge >= 0.3 is 0 Å². The third kappa shape index (κ3) is 2.65. The minimum atomic E-state index is -0.199. The summed E-state index contributed by atoms with van der Waals surface area (Å²) in [6.07, 6.45) is 0. The van der Waals surface area contributed by atoms with E-state index in [-0.39, 0.29) is 11.6 Å². The van der Waals surface area contributed by atoms with Crippen LogP contribution in [0.2, 0.25) is 0 Å². The van der Waals surface area contributed by atoms with Gasteiger partial charge in [0.1, 0.15) is 11.5 Å². The maximum atomic E-state index is 13.1. The van der Waals surface area contributed by atoms with E-state index in [2.05, 4.69) is 18.7 Å². The molecule has 1 aliphatic rings. The molecule has 0 radical (unpaired) electrons. The summed E-state index contributed by atoms with van der Waals surface area (Å²) in [4.78, 5) is 28.2. The van der Waals surface area contributed by atoms with E-state index in [1.165, 1.54) is 14.2 Å². The minimum Gasteiger partial charge on any atom is -0.497 e. The van der Waals surface area contributed by atoms with Crippen LogP contribution in [-0.2, 0) is 0 Å². The number of fused-ring (bicyclic) bond motifs is 2. The van der Waals surface area contributed by atoms with Crippen LogP contribution in [0.15, 0.2) is 30.3 Å². The second-order valence-electron chi connectivity index (χ2n) is 5.81. The third-order valence-electron chi connectivity index (χ3n) is 4.62. The Kier molecular flexibility index (Phi) is 4.49. The number of hydrogen-bond acceptors (Lipinski definition) is 5. The molecule has 0 saturated heterocycles. The molecule has 2 aromatic rings. The van der Waals surface area contributed by atoms with Gasteiger partial charge < -0.3 is 14.4 Å². The fraction of sp³-hybridized carbons (Fsp3) is 0.300. The molecule has 0 atom stereocenters. The fourth-order valence-electron chi connectivity index (χ4n) is 3.27. The molecule has 0 aliphatic heterocycles. The van der Waals surface area contributed by atoms with Crippen LogP contribution in [0.3, 0.4) is 0 Å². The second-order valence-corrected chi connectivity index (χ2v) is 5.81. The van der Waals surface area contributed by atoms with E-state index < -0.39 is 0 Å². The summed E-state index contributed by atoms with van der Waals surface area (Å²) in [6, 6.07) is 8.65. The quantitative estimate of drug-likeness (QED) is 0.714. The average molecular weight is 339 g/mol. The maximum Gasteiger partial charge on any atom is 0.198 e. The summed E-state index contributed by atoms with van der Waals surface area (Å²) in [5.41, 5.74) is 2.40. The van der Waals surface area contributed by atoms with Gasteiger partial charge in [0.2, 0.25) is 0 Å². The fourth-order valence-corrected chi connectivity index (χ4v) is 3.27. The molecule has 2 aromatic carbocycles. The Morgan fingerprint density at radius 1 is 0.840 bits per heavy atom. The van der Waals surface area contributed by atoms with Crippen molar-refractivity contribution in [1.82, 2.24) is 0 Å². The highest BCUT2D eigenvalue weighted by Crippen LogP contribution is 2.37. The molecule has 5 heteroatoms. The van der Waals surface area contributed by atoms with Crippen molar-refractivity contribution in [3.63, 3.8) is 0 Å². The van der Waals surface area contributed by atoms with Crippen LogP contribution in [-0.4, -0.2) is 38.9 Å². The monoisotopic (exact) mass is 339 g/mol. The van der Waals surface area contributed by atoms with Crippen molar-refractivity contribution in [3.05, 3.63) is 52.6 Å². The van der Waals surface area contributed by atoms with E-state index in [0.717, 1.165) is 18.8 Å². The van der Waals surface area contributed by atoms with Crippen molar-refractivity contribution in [2.24, 2.45) is 0 Å². The van der Waals surface area contributed by atoms with Gasteiger partial charge in [-0.2, -0.15) is 0 Å². The highest BCUT2D eigenvalue weighted by atomic mass is 16.5. The molecular weight excluding hydrogens is 318 g/mol. The van der Waals surface area contributed by atoms with Gasteiger partial charge in [0, 0.05) is 41.5 Å². The Morgan fingerprint density at radius 2 is 1.56 bits per heavy atom. The van der Waals surface area contributed by atoms with Crippen molar-refractivity contribution < 1.29 is 19.1 Å². The lowest BCUT2D eigenvalue weighted by atomic mass is 9.83. The van der Waals surface area contributed by atoms with Crippen molar-refractivity contribution >= 4 is 17.3 Å². The number of carbonyl (C=O) groups excluding carboxylic acids is 2. The van der Waals surface area contributed by atoms with Crippen LogP contribution in [0.25, 0.3) is 0 Å². The van der Waals surface area contributed by atoms with Gasteiger partial charge in [-0.1, -0.05) is 0 Å². The molecule has 0 amide bonds. The van der Waals surface area contributed by atoms with Crippen molar-refractivity contribution in [2.45, 2.75) is 13.8 Å². The summed E-state index contributed by atoms with van der Waals surface area (Å²) in [5.74, 6) is 0.456. The van der Waals surface area contributed by atoms with Gasteiger partial charge in [0.15, 0.2) is 11.6 Å². The Balaban J connectivity index is 2.20. The Labute approximate surface area is 147 Å². The lowest BCUT2D eigenvalue weighted by molar-refractivity contribution is 0.0976. The van der Waals surface area contributed by atoms with Crippen LogP contribution in [0.5, 0.6) is 11.5 Å². The zero-order chi connectivity index (χ0) is 18.1. The van der Waals surface area contributed by atoms with Crippen LogP contribution in [0.1, 0.15) is 45.7 Å². The zero-order valence-electron chi connectivity index (χ0n) is 14.9. The first-order valence-electron chi connectivity index (χ1n) is 8.30. The third-order valence-corrected chi connectivity index (χ3v) is 4.62. The predicted molar refractivity (Wildman–Crippen MR) is 96.4 cm³/mol. The summed E-state index contributed by atoms with van der Waals surface area (Å²) in [7, 11) is 2.99. The van der Waals surface area contributed by atoms with Crippen molar-refractivity contribution in [1.29, 1.82) is 0 Å². The molecule has 0 aromatic heterocycles. The Bertz CT molecular complexity index is 853. The standard InChI is InChI=1S/C20H21NO4/c1-5-21(6-2)12-7-8-14-15(9-12)19(22)16-10-13(24-3)11-17(25-4)18(16)20(14)23/h7-11H,5-6H2,1-4H3. The molecule has 3 rings (SSSR count). The number of benzene rings is 2. The van der Waals surface area contributed by atoms with Crippen molar-refractivity contribution in [2.75, 3.05) is 32.2 Å². The van der Waals surface area contributed by atoms with Gasteiger partial charge in [-0.25, -0.2) is 0 Å². The highest BCUT2D eigenvalue weighted by molar-refractivity contribution is 6.29. The molecule has 0 fully saturated rings. The van der Waals surface area contributed by atoms with E-state index in [4.69, 9.17) is 9.47 Å². The van der Waals surface area contributed by atoms with Crippen LogP contribution in [0.4, 0.5) is 5.69 Å². The molecule has 0 bridgehead atoms. The predicted octanol–water partition coefficient (Wildman–Crippen LogP) is 3.33. The summed E-state index contributed by atoms with van der Waals surface area (Å²) in [6.45, 7) is 5.77. The largest absolute Gasteiger partial charge is 0.497 e. The Hall–Kier alpha value is -2.82. The first-order valence-corrected chi connectivity index (χ1v) is 8.30. The Morgan fingerprint density at radius 3 is 2.16 bits per heavy atom. The molecule has 0 saturated carbocycles. The number of nitrogens with zero attached hydrogens (tertiary/aromatic N) is 1. The second kappa shape index (κ2) is 6.59. The number of ether oxygens (including phenoxy) is 2. The SMILES string of the molecule is CCN(CC)c1ccc2c(c1)C(=O)c1cc(OC)cc(OC)c1C2=O. The lowest BCUT2D eigenvalue weighted by Gasteiger charge is -2.25. The van der Waals surface area contributed by atoms with E-state index >= 15 is 0 Å². The van der Waals surface area contributed by atoms with E-state index in [1.54, 1.807) is 24.3 Å². The normalized spacial score (nSPS) is 12.5. The number of methoxy groups -OCH3 is 2. The van der Waals surface area contributed by atoms with Gasteiger partial charge in [-0.05, 0) is 38.1 Å². The number of hydrogen-bond donors (Lipinski definition) is 0. The molecular formula is C20H21NO4. The van der Waals surface area contributed by atoms with Crippen LogP contribution < -0.4 is 14.4 Å². The maximum absolute atomic E-state index is 13.1. The molecule has 0 N–H and O–H groups in total. The molecule has 0 unspecified atom stereocenters. The molecule has 0 heterocycles. The molecule has 130 valence electrons. The van der Waals surface area contributed by atoms with E-state index in [9.17, 15) is 9.59 Å². The zero-order valence-corrected chi connectivity index (χ0v) is 14.9. The lowest BCUT2D eigenvalue weighted by Crippen LogP contribution is -2.25. The number of carbonyl (C=O) groups is 2. The molecule has 5 nitrogen and oxygen atoms in total. The number of ketones is 2. The molecule has 25 heavy (non-hydrogen) atoms. The topological polar surface area (TPSA) is 55.8 Å². The number of rotatable bonds is 5. The van der Waals surface area contributed by atoms with Gasteiger partial charge in [0.25, 0.3) is 0 Å². The van der Waals surface area contributed by atoms with E-state index in [0.29, 0.717) is 33.8 Å². The van der Waals surface area contributed by atoms with E-state index in [1.807, 2.05) is 6.07 Å². The first kappa shape index (κ1) is 17.0. The van der Waals surface area contributed by atoms with Gasteiger partial charge in [-0.15, -0.1) is 0 Å². The summed E-state index contributed by atoms with van der Waals surface area (Å²) < 4.78 is 10.6. The first-order chi connectivity index (χ1) is 12.0. The van der Waals surface area contributed by atoms with Crippen molar-refractivity contribution in [3.8, 4) is 11.5 Å². The van der Waals surface area contributed by atoms with Gasteiger partial charge in [0.05, 0.1) is 19.8 Å². The van der Waals surface area contributed by atoms with Gasteiger partial charge in [-0.3, -0.25) is 9.59 Å². The molecule has 0 spiro atoms. The van der Waals surface area contributed by atoms with Crippen LogP contribution in [0, 0.1) is 0 Å². The molecule has 1 aliphatic carbocycles. The smallest absolute Gasteiger partial charge is 0.198 e. The minimum absolute atomic E-state index is 0.184. The van der Waals surface area contributed by atoms with Crippen LogP contribution >= 0.6 is 0 Å². The summed E-state index contributed by atoms with van der Waals surface area (Å²) >= 11 is 0. The highest BCUT2D eigenvalue weighted by Gasteiger charge is 2.33. The summed E-state index contributed by atoms with van der Waals surface area (Å²) in [5, 5.41) is 0. The number of anilines is 1. The average Bonchev–Trinajstić information content (AvgIpc) is 2.65.